The maximum Gasteiger partial charge on any atom is 0.0931 e. The molecular weight excluding hydrogens is 374 g/mol. The summed E-state index contributed by atoms with van der Waals surface area (Å²) in [5, 5.41) is 20.3. The van der Waals surface area contributed by atoms with Gasteiger partial charge in [0.05, 0.1) is 13.3 Å². The first-order valence-corrected chi connectivity index (χ1v) is 13.0. The molecule has 0 heterocycles. The van der Waals surface area contributed by atoms with Crippen molar-refractivity contribution in [3.8, 4) is 0 Å². The SMILES string of the molecule is CCC.CCCCN(CCCC)CCCNCO.CCCCN(CCO)CCCC. The standard InChI is InChI=1S/C12H28N2O.C10H23NO.C3H8/c1-3-5-9-14(10-6-4-2)11-7-8-13-12-15;1-3-5-7-11(9-10-12)8-6-4-2;1-3-2/h13,15H,3-12H2,1-2H3;12H,3-10H2,1-2H3;3H2,1-2H3. The fourth-order valence-corrected chi connectivity index (χ4v) is 2.85. The van der Waals surface area contributed by atoms with Gasteiger partial charge >= 0.3 is 0 Å². The van der Waals surface area contributed by atoms with Crippen molar-refractivity contribution in [1.82, 2.24) is 15.1 Å². The lowest BCUT2D eigenvalue weighted by Gasteiger charge is -2.21. The Morgan fingerprint density at radius 3 is 1.17 bits per heavy atom. The monoisotopic (exact) mass is 433 g/mol. The van der Waals surface area contributed by atoms with E-state index in [1.165, 1.54) is 70.9 Å². The van der Waals surface area contributed by atoms with Gasteiger partial charge in [-0.25, -0.2) is 0 Å². The highest BCUT2D eigenvalue weighted by Gasteiger charge is 2.03. The Kier molecular flexibility index (Phi) is 38.4. The minimum Gasteiger partial charge on any atom is -0.395 e. The summed E-state index contributed by atoms with van der Waals surface area (Å²) in [6, 6.07) is 0. The van der Waals surface area contributed by atoms with Crippen molar-refractivity contribution < 1.29 is 10.2 Å². The number of aliphatic hydroxyl groups is 2. The molecular formula is C25H59N3O2. The zero-order chi connectivity index (χ0) is 23.3. The third kappa shape index (κ3) is 32.5. The van der Waals surface area contributed by atoms with Crippen molar-refractivity contribution in [1.29, 1.82) is 0 Å². The van der Waals surface area contributed by atoms with Crippen LogP contribution in [-0.4, -0.2) is 79.2 Å². The largest absolute Gasteiger partial charge is 0.395 e. The first-order valence-electron chi connectivity index (χ1n) is 13.0. The topological polar surface area (TPSA) is 59.0 Å². The number of nitrogens with one attached hydrogen (secondary N) is 1. The van der Waals surface area contributed by atoms with Gasteiger partial charge in [-0.2, -0.15) is 0 Å². The van der Waals surface area contributed by atoms with E-state index in [0.29, 0.717) is 6.61 Å². The lowest BCUT2D eigenvalue weighted by atomic mass is 10.2. The second-order valence-electron chi connectivity index (χ2n) is 8.04. The molecule has 0 spiro atoms. The maximum absolute atomic E-state index is 8.79. The molecule has 0 aliphatic carbocycles. The van der Waals surface area contributed by atoms with E-state index >= 15 is 0 Å². The van der Waals surface area contributed by atoms with Gasteiger partial charge < -0.3 is 20.0 Å². The predicted molar refractivity (Wildman–Crippen MR) is 135 cm³/mol. The normalized spacial score (nSPS) is 10.6. The van der Waals surface area contributed by atoms with Crippen molar-refractivity contribution in [2.45, 2.75) is 106 Å². The minimum absolute atomic E-state index is 0.101. The fraction of sp³-hybridized carbons (Fsp3) is 1.00. The molecule has 5 nitrogen and oxygen atoms in total. The van der Waals surface area contributed by atoms with Crippen LogP contribution in [0, 0.1) is 0 Å². The third-order valence-corrected chi connectivity index (χ3v) is 4.67. The summed E-state index contributed by atoms with van der Waals surface area (Å²) < 4.78 is 0. The van der Waals surface area contributed by atoms with Gasteiger partial charge in [-0.15, -0.1) is 0 Å². The van der Waals surface area contributed by atoms with Crippen LogP contribution in [0.1, 0.15) is 106 Å². The first-order chi connectivity index (χ1) is 14.6. The number of unbranched alkanes of at least 4 members (excludes halogenated alkanes) is 4. The van der Waals surface area contributed by atoms with E-state index in [1.54, 1.807) is 0 Å². The molecule has 0 amide bonds. The molecule has 186 valence electrons. The molecule has 0 aliphatic rings. The van der Waals surface area contributed by atoms with Crippen LogP contribution in [0.4, 0.5) is 0 Å². The number of hydrogen-bond donors (Lipinski definition) is 3. The molecule has 3 N–H and O–H groups in total. The molecule has 0 radical (unpaired) electrons. The number of aliphatic hydroxyl groups excluding tert-OH is 2. The average molecular weight is 434 g/mol. The van der Waals surface area contributed by atoms with E-state index in [-0.39, 0.29) is 6.73 Å². The lowest BCUT2D eigenvalue weighted by molar-refractivity contribution is 0.192. The second kappa shape index (κ2) is 33.4. The molecule has 0 saturated carbocycles. The van der Waals surface area contributed by atoms with E-state index in [2.05, 4.69) is 56.7 Å². The Balaban J connectivity index is -0.000000437. The van der Waals surface area contributed by atoms with Gasteiger partial charge in [-0.1, -0.05) is 73.6 Å². The van der Waals surface area contributed by atoms with E-state index < -0.39 is 0 Å². The highest BCUT2D eigenvalue weighted by Crippen LogP contribution is 2.00. The van der Waals surface area contributed by atoms with Gasteiger partial charge in [0.1, 0.15) is 0 Å². The minimum atomic E-state index is 0.101. The highest BCUT2D eigenvalue weighted by atomic mass is 16.3. The molecule has 0 aromatic heterocycles. The number of nitrogens with zero attached hydrogens (tertiary/aromatic N) is 2. The molecule has 0 aromatic carbocycles. The Labute approximate surface area is 190 Å². The van der Waals surface area contributed by atoms with Gasteiger partial charge in [0, 0.05) is 6.54 Å². The van der Waals surface area contributed by atoms with Gasteiger partial charge in [0.15, 0.2) is 0 Å². The van der Waals surface area contributed by atoms with Crippen LogP contribution >= 0.6 is 0 Å². The van der Waals surface area contributed by atoms with Crippen LogP contribution in [0.25, 0.3) is 0 Å². The van der Waals surface area contributed by atoms with Crippen LogP contribution in [0.2, 0.25) is 0 Å². The predicted octanol–water partition coefficient (Wildman–Crippen LogP) is 5.12. The van der Waals surface area contributed by atoms with Crippen molar-refractivity contribution in [2.24, 2.45) is 0 Å². The lowest BCUT2D eigenvalue weighted by Crippen LogP contribution is -2.29. The molecule has 0 fully saturated rings. The average Bonchev–Trinajstić information content (AvgIpc) is 2.75. The van der Waals surface area contributed by atoms with Gasteiger partial charge in [-0.3, -0.25) is 5.32 Å². The Hall–Kier alpha value is -0.200. The van der Waals surface area contributed by atoms with Crippen LogP contribution in [0.5, 0.6) is 0 Å². The van der Waals surface area contributed by atoms with E-state index in [9.17, 15) is 0 Å². The molecule has 0 bridgehead atoms. The van der Waals surface area contributed by atoms with Crippen LogP contribution in [0.3, 0.4) is 0 Å². The molecule has 0 aromatic rings. The van der Waals surface area contributed by atoms with Gasteiger partial charge in [-0.05, 0) is 71.4 Å². The Morgan fingerprint density at radius 2 is 0.867 bits per heavy atom. The van der Waals surface area contributed by atoms with Crippen LogP contribution < -0.4 is 5.32 Å². The first kappa shape index (κ1) is 34.4. The number of hydrogen-bond acceptors (Lipinski definition) is 5. The summed E-state index contributed by atoms with van der Waals surface area (Å²) in [7, 11) is 0. The molecule has 0 saturated heterocycles. The summed E-state index contributed by atoms with van der Waals surface area (Å²) >= 11 is 0. The molecule has 30 heavy (non-hydrogen) atoms. The van der Waals surface area contributed by atoms with Crippen LogP contribution in [-0.2, 0) is 0 Å². The Bertz CT molecular complexity index is 253. The van der Waals surface area contributed by atoms with Crippen molar-refractivity contribution in [2.75, 3.05) is 59.2 Å². The molecule has 0 aliphatic heterocycles. The fourth-order valence-electron chi connectivity index (χ4n) is 2.85. The summed E-state index contributed by atoms with van der Waals surface area (Å²) in [4.78, 5) is 4.90. The highest BCUT2D eigenvalue weighted by molar-refractivity contribution is 4.59. The molecule has 0 unspecified atom stereocenters. The second-order valence-corrected chi connectivity index (χ2v) is 8.04. The van der Waals surface area contributed by atoms with Crippen molar-refractivity contribution >= 4 is 0 Å². The Morgan fingerprint density at radius 1 is 0.533 bits per heavy atom. The van der Waals surface area contributed by atoms with Crippen molar-refractivity contribution in [3.05, 3.63) is 0 Å². The van der Waals surface area contributed by atoms with Crippen LogP contribution in [0.15, 0.2) is 0 Å². The van der Waals surface area contributed by atoms with Crippen molar-refractivity contribution in [3.63, 3.8) is 0 Å². The van der Waals surface area contributed by atoms with E-state index in [1.807, 2.05) is 0 Å². The smallest absolute Gasteiger partial charge is 0.0931 e. The summed E-state index contributed by atoms with van der Waals surface area (Å²) in [5.41, 5.74) is 0. The van der Waals surface area contributed by atoms with Gasteiger partial charge in [0.25, 0.3) is 0 Å². The van der Waals surface area contributed by atoms with E-state index in [4.69, 9.17) is 10.2 Å². The quantitative estimate of drug-likeness (QED) is 0.195. The molecule has 0 atom stereocenters. The third-order valence-electron chi connectivity index (χ3n) is 4.67. The molecule has 0 rings (SSSR count). The summed E-state index contributed by atoms with van der Waals surface area (Å²) in [6.45, 7) is 21.2. The number of rotatable bonds is 19. The zero-order valence-electron chi connectivity index (χ0n) is 21.7. The van der Waals surface area contributed by atoms with E-state index in [0.717, 1.165) is 39.1 Å². The summed E-state index contributed by atoms with van der Waals surface area (Å²) in [6.07, 6.45) is 12.5. The molecule has 5 heteroatoms. The van der Waals surface area contributed by atoms with Gasteiger partial charge in [0.2, 0.25) is 0 Å². The maximum atomic E-state index is 8.79. The zero-order valence-corrected chi connectivity index (χ0v) is 21.7. The summed E-state index contributed by atoms with van der Waals surface area (Å²) in [5.74, 6) is 0.